The maximum atomic E-state index is 12.1. The van der Waals surface area contributed by atoms with Crippen LogP contribution in [0.4, 0.5) is 0 Å². The Hall–Kier alpha value is -0.390. The van der Waals surface area contributed by atoms with Crippen LogP contribution in [0.2, 0.25) is 0 Å². The van der Waals surface area contributed by atoms with Crippen LogP contribution in [0.5, 0.6) is 0 Å². The van der Waals surface area contributed by atoms with E-state index in [1.807, 2.05) is 6.07 Å². The second kappa shape index (κ2) is 6.17. The standard InChI is InChI=1S/C13H20BrNO2S/c1-13(2,3)15-8-5-9-18(16,17)12-7-4-6-11(14)10-12/h4,6-7,10,15H,5,8-9H2,1-3H3. The Balaban J connectivity index is 2.56. The summed E-state index contributed by atoms with van der Waals surface area (Å²) >= 11 is 3.29. The van der Waals surface area contributed by atoms with Gasteiger partial charge in [-0.2, -0.15) is 0 Å². The summed E-state index contributed by atoms with van der Waals surface area (Å²) in [6, 6.07) is 6.84. The highest BCUT2D eigenvalue weighted by atomic mass is 79.9. The van der Waals surface area contributed by atoms with Gasteiger partial charge in [-0.25, -0.2) is 8.42 Å². The summed E-state index contributed by atoms with van der Waals surface area (Å²) in [5.74, 6) is 0.173. The number of hydrogen-bond acceptors (Lipinski definition) is 3. The first kappa shape index (κ1) is 15.7. The second-order valence-electron chi connectivity index (χ2n) is 5.31. The quantitative estimate of drug-likeness (QED) is 0.842. The maximum Gasteiger partial charge on any atom is 0.178 e. The first-order valence-electron chi connectivity index (χ1n) is 5.94. The lowest BCUT2D eigenvalue weighted by molar-refractivity contribution is 0.426. The van der Waals surface area contributed by atoms with Gasteiger partial charge in [0.1, 0.15) is 0 Å². The van der Waals surface area contributed by atoms with E-state index in [2.05, 4.69) is 42.0 Å². The van der Waals surface area contributed by atoms with E-state index in [1.54, 1.807) is 18.2 Å². The first-order valence-corrected chi connectivity index (χ1v) is 8.39. The molecule has 3 nitrogen and oxygen atoms in total. The molecule has 5 heteroatoms. The molecule has 0 saturated heterocycles. The summed E-state index contributed by atoms with van der Waals surface area (Å²) in [4.78, 5) is 0.382. The highest BCUT2D eigenvalue weighted by Crippen LogP contribution is 2.17. The molecular weight excluding hydrogens is 314 g/mol. The molecule has 0 atom stereocenters. The zero-order chi connectivity index (χ0) is 13.8. The Bertz CT molecular complexity index is 492. The molecule has 0 spiro atoms. The minimum absolute atomic E-state index is 0.0273. The highest BCUT2D eigenvalue weighted by Gasteiger charge is 2.15. The average molecular weight is 334 g/mol. The second-order valence-corrected chi connectivity index (χ2v) is 8.33. The lowest BCUT2D eigenvalue weighted by Gasteiger charge is -2.20. The summed E-state index contributed by atoms with van der Waals surface area (Å²) in [5, 5.41) is 3.28. The van der Waals surface area contributed by atoms with Crippen LogP contribution in [0, 0.1) is 0 Å². The van der Waals surface area contributed by atoms with Gasteiger partial charge in [-0.3, -0.25) is 0 Å². The van der Waals surface area contributed by atoms with Crippen LogP contribution in [0.15, 0.2) is 33.6 Å². The molecule has 0 unspecified atom stereocenters. The van der Waals surface area contributed by atoms with Crippen molar-refractivity contribution in [2.24, 2.45) is 0 Å². The number of nitrogens with one attached hydrogen (secondary N) is 1. The fourth-order valence-electron chi connectivity index (χ4n) is 1.50. The summed E-state index contributed by atoms with van der Waals surface area (Å²) in [6.07, 6.45) is 0.617. The molecule has 0 aliphatic heterocycles. The predicted molar refractivity (Wildman–Crippen MR) is 78.6 cm³/mol. The summed E-state index contributed by atoms with van der Waals surface area (Å²) in [6.45, 7) is 6.90. The monoisotopic (exact) mass is 333 g/mol. The smallest absolute Gasteiger partial charge is 0.178 e. The Morgan fingerprint density at radius 3 is 2.50 bits per heavy atom. The predicted octanol–water partition coefficient (Wildman–Crippen LogP) is 3.00. The third kappa shape index (κ3) is 5.50. The first-order chi connectivity index (χ1) is 8.21. The van der Waals surface area contributed by atoms with Crippen LogP contribution in [-0.4, -0.2) is 26.3 Å². The molecule has 0 amide bonds. The van der Waals surface area contributed by atoms with Crippen molar-refractivity contribution in [1.82, 2.24) is 5.32 Å². The minimum Gasteiger partial charge on any atom is -0.312 e. The molecule has 0 bridgehead atoms. The number of halogens is 1. The van der Waals surface area contributed by atoms with Gasteiger partial charge in [-0.1, -0.05) is 22.0 Å². The molecular formula is C13H20BrNO2S. The molecule has 0 saturated carbocycles. The molecule has 0 aromatic heterocycles. The molecule has 0 aliphatic rings. The van der Waals surface area contributed by atoms with E-state index in [-0.39, 0.29) is 11.3 Å². The zero-order valence-corrected chi connectivity index (χ0v) is 13.4. The van der Waals surface area contributed by atoms with Gasteiger partial charge < -0.3 is 5.32 Å². The van der Waals surface area contributed by atoms with Crippen LogP contribution in [-0.2, 0) is 9.84 Å². The van der Waals surface area contributed by atoms with Gasteiger partial charge in [0, 0.05) is 10.0 Å². The van der Waals surface area contributed by atoms with Crippen molar-refractivity contribution >= 4 is 25.8 Å². The van der Waals surface area contributed by atoms with Gasteiger partial charge in [-0.05, 0) is 51.9 Å². The molecule has 0 radical (unpaired) electrons. The molecule has 1 N–H and O–H groups in total. The number of sulfone groups is 1. The van der Waals surface area contributed by atoms with E-state index in [9.17, 15) is 8.42 Å². The normalized spacial score (nSPS) is 12.7. The molecule has 102 valence electrons. The van der Waals surface area contributed by atoms with Crippen molar-refractivity contribution in [3.63, 3.8) is 0 Å². The molecule has 18 heavy (non-hydrogen) atoms. The molecule has 1 rings (SSSR count). The van der Waals surface area contributed by atoms with Crippen LogP contribution in [0.25, 0.3) is 0 Å². The van der Waals surface area contributed by atoms with Gasteiger partial charge in [0.05, 0.1) is 10.6 Å². The zero-order valence-electron chi connectivity index (χ0n) is 11.0. The van der Waals surface area contributed by atoms with Crippen LogP contribution >= 0.6 is 15.9 Å². The lowest BCUT2D eigenvalue weighted by Crippen LogP contribution is -2.36. The number of hydrogen-bond donors (Lipinski definition) is 1. The molecule has 0 heterocycles. The van der Waals surface area contributed by atoms with Gasteiger partial charge in [0.2, 0.25) is 0 Å². The average Bonchev–Trinajstić information content (AvgIpc) is 2.23. The van der Waals surface area contributed by atoms with E-state index in [1.165, 1.54) is 0 Å². The van der Waals surface area contributed by atoms with E-state index >= 15 is 0 Å². The maximum absolute atomic E-state index is 12.1. The molecule has 0 aliphatic carbocycles. The van der Waals surface area contributed by atoms with Crippen molar-refractivity contribution in [3.8, 4) is 0 Å². The molecule has 0 fully saturated rings. The van der Waals surface area contributed by atoms with Gasteiger partial charge in [0.15, 0.2) is 9.84 Å². The summed E-state index contributed by atoms with van der Waals surface area (Å²) < 4.78 is 24.9. The highest BCUT2D eigenvalue weighted by molar-refractivity contribution is 9.10. The molecule has 1 aromatic carbocycles. The number of benzene rings is 1. The fourth-order valence-corrected chi connectivity index (χ4v) is 3.41. The van der Waals surface area contributed by atoms with Gasteiger partial charge in [0.25, 0.3) is 0 Å². The van der Waals surface area contributed by atoms with Crippen molar-refractivity contribution in [2.45, 2.75) is 37.6 Å². The largest absolute Gasteiger partial charge is 0.312 e. The third-order valence-electron chi connectivity index (χ3n) is 2.40. The Morgan fingerprint density at radius 1 is 1.28 bits per heavy atom. The summed E-state index contributed by atoms with van der Waals surface area (Å²) in [7, 11) is -3.17. The van der Waals surface area contributed by atoms with Crippen molar-refractivity contribution < 1.29 is 8.42 Å². The topological polar surface area (TPSA) is 46.2 Å². The van der Waals surface area contributed by atoms with Gasteiger partial charge >= 0.3 is 0 Å². The van der Waals surface area contributed by atoms with Crippen LogP contribution in [0.1, 0.15) is 27.2 Å². The lowest BCUT2D eigenvalue weighted by atomic mass is 10.1. The minimum atomic E-state index is -3.17. The van der Waals surface area contributed by atoms with Crippen LogP contribution in [0.3, 0.4) is 0 Å². The van der Waals surface area contributed by atoms with Crippen molar-refractivity contribution in [3.05, 3.63) is 28.7 Å². The Morgan fingerprint density at radius 2 is 1.94 bits per heavy atom. The van der Waals surface area contributed by atoms with Crippen molar-refractivity contribution in [1.29, 1.82) is 0 Å². The molecule has 1 aromatic rings. The van der Waals surface area contributed by atoms with E-state index in [0.29, 0.717) is 17.9 Å². The Labute approximate surface area is 118 Å². The fraction of sp³-hybridized carbons (Fsp3) is 0.538. The Kier molecular flexibility index (Phi) is 5.37. The van der Waals surface area contributed by atoms with Crippen LogP contribution < -0.4 is 5.32 Å². The van der Waals surface area contributed by atoms with E-state index in [4.69, 9.17) is 0 Å². The van der Waals surface area contributed by atoms with E-state index in [0.717, 1.165) is 4.47 Å². The van der Waals surface area contributed by atoms with Gasteiger partial charge in [-0.15, -0.1) is 0 Å². The summed E-state index contributed by atoms with van der Waals surface area (Å²) in [5.41, 5.74) is 0.0273. The third-order valence-corrected chi connectivity index (χ3v) is 4.69. The van der Waals surface area contributed by atoms with Crippen molar-refractivity contribution in [2.75, 3.05) is 12.3 Å². The van der Waals surface area contributed by atoms with E-state index < -0.39 is 9.84 Å². The SMILES string of the molecule is CC(C)(C)NCCCS(=O)(=O)c1cccc(Br)c1. The number of rotatable bonds is 5.